The quantitative estimate of drug-likeness (QED) is 0.866. The summed E-state index contributed by atoms with van der Waals surface area (Å²) in [5.74, 6) is -2.08. The number of benzene rings is 1. The van der Waals surface area contributed by atoms with Gasteiger partial charge in [0.1, 0.15) is 0 Å². The van der Waals surface area contributed by atoms with E-state index in [0.717, 1.165) is 11.3 Å². The molecule has 21 heavy (non-hydrogen) atoms. The van der Waals surface area contributed by atoms with Crippen molar-refractivity contribution < 1.29 is 14.7 Å². The van der Waals surface area contributed by atoms with E-state index in [1.165, 1.54) is 0 Å². The number of anilines is 1. The third kappa shape index (κ3) is 3.01. The molecule has 0 radical (unpaired) electrons. The number of aliphatic carboxylic acids is 1. The van der Waals surface area contributed by atoms with Crippen LogP contribution in [-0.4, -0.2) is 31.1 Å². The molecule has 0 aromatic heterocycles. The molecule has 1 saturated carbocycles. The zero-order chi connectivity index (χ0) is 15.8. The first-order valence-corrected chi connectivity index (χ1v) is 7.02. The van der Waals surface area contributed by atoms with Gasteiger partial charge in [-0.15, -0.1) is 0 Å². The zero-order valence-electron chi connectivity index (χ0n) is 12.9. The molecule has 1 aliphatic rings. The minimum absolute atomic E-state index is 0.177. The maximum Gasteiger partial charge on any atom is 0.307 e. The van der Waals surface area contributed by atoms with Gasteiger partial charge in [-0.3, -0.25) is 9.59 Å². The molecule has 1 aliphatic carbocycles. The molecular formula is C16H22N2O3. The van der Waals surface area contributed by atoms with Crippen LogP contribution in [-0.2, 0) is 16.1 Å². The Morgan fingerprint density at radius 1 is 1.19 bits per heavy atom. The minimum Gasteiger partial charge on any atom is -0.481 e. The lowest BCUT2D eigenvalue weighted by Crippen LogP contribution is -2.26. The van der Waals surface area contributed by atoms with Crippen LogP contribution in [0.4, 0.5) is 5.69 Å². The largest absolute Gasteiger partial charge is 0.481 e. The summed E-state index contributed by atoms with van der Waals surface area (Å²) in [6.07, 6.45) is 0. The molecule has 0 bridgehead atoms. The third-order valence-corrected chi connectivity index (χ3v) is 4.30. The number of hydrogen-bond donors (Lipinski definition) is 2. The van der Waals surface area contributed by atoms with Gasteiger partial charge >= 0.3 is 5.97 Å². The number of hydrogen-bond acceptors (Lipinski definition) is 3. The summed E-state index contributed by atoms with van der Waals surface area (Å²) in [4.78, 5) is 25.2. The summed E-state index contributed by atoms with van der Waals surface area (Å²) in [7, 11) is 3.94. The van der Waals surface area contributed by atoms with Gasteiger partial charge in [0.05, 0.1) is 11.8 Å². The fourth-order valence-electron chi connectivity index (χ4n) is 2.80. The van der Waals surface area contributed by atoms with Crippen LogP contribution in [0.3, 0.4) is 0 Å². The Balaban J connectivity index is 1.92. The monoisotopic (exact) mass is 290 g/mol. The Morgan fingerprint density at radius 2 is 1.76 bits per heavy atom. The number of carbonyl (C=O) groups is 2. The van der Waals surface area contributed by atoms with Crippen LogP contribution in [0.1, 0.15) is 19.4 Å². The maximum absolute atomic E-state index is 12.1. The molecule has 114 valence electrons. The fraction of sp³-hybridized carbons (Fsp3) is 0.500. The maximum atomic E-state index is 12.1. The smallest absolute Gasteiger partial charge is 0.307 e. The van der Waals surface area contributed by atoms with Crippen molar-refractivity contribution >= 4 is 17.6 Å². The predicted molar refractivity (Wildman–Crippen MR) is 81.0 cm³/mol. The van der Waals surface area contributed by atoms with Crippen LogP contribution in [0.25, 0.3) is 0 Å². The van der Waals surface area contributed by atoms with Crippen molar-refractivity contribution in [3.63, 3.8) is 0 Å². The van der Waals surface area contributed by atoms with Gasteiger partial charge < -0.3 is 15.3 Å². The van der Waals surface area contributed by atoms with E-state index in [4.69, 9.17) is 5.11 Å². The summed E-state index contributed by atoms with van der Waals surface area (Å²) >= 11 is 0. The van der Waals surface area contributed by atoms with Crippen molar-refractivity contribution in [3.05, 3.63) is 29.8 Å². The molecule has 0 aliphatic heterocycles. The summed E-state index contributed by atoms with van der Waals surface area (Å²) in [5, 5.41) is 11.9. The topological polar surface area (TPSA) is 69.6 Å². The van der Waals surface area contributed by atoms with Gasteiger partial charge in [-0.1, -0.05) is 26.0 Å². The lowest BCUT2D eigenvalue weighted by atomic mass is 10.1. The number of carboxylic acids is 1. The van der Waals surface area contributed by atoms with E-state index in [-0.39, 0.29) is 5.91 Å². The highest BCUT2D eigenvalue weighted by Crippen LogP contribution is 2.58. The standard InChI is InChI=1S/C16H22N2O3/c1-16(2)12(13(16)15(20)21)14(19)17-9-10-5-7-11(8-6-10)18(3)4/h5-8,12-13H,9H2,1-4H3,(H,17,19)(H,20,21). The van der Waals surface area contributed by atoms with Crippen LogP contribution >= 0.6 is 0 Å². The van der Waals surface area contributed by atoms with E-state index in [0.29, 0.717) is 6.54 Å². The first-order chi connectivity index (χ1) is 9.75. The average Bonchev–Trinajstić information content (AvgIpc) is 2.99. The molecule has 0 saturated heterocycles. The van der Waals surface area contributed by atoms with E-state index in [1.807, 2.05) is 57.1 Å². The highest BCUT2D eigenvalue weighted by Gasteiger charge is 2.65. The second-order valence-corrected chi connectivity index (χ2v) is 6.39. The molecule has 0 spiro atoms. The van der Waals surface area contributed by atoms with Crippen LogP contribution in [0, 0.1) is 17.3 Å². The molecule has 2 unspecified atom stereocenters. The molecule has 5 heteroatoms. The number of carbonyl (C=O) groups excluding carboxylic acids is 1. The highest BCUT2D eigenvalue weighted by atomic mass is 16.4. The van der Waals surface area contributed by atoms with Gasteiger partial charge in [0.2, 0.25) is 5.91 Å². The molecule has 1 fully saturated rings. The molecular weight excluding hydrogens is 268 g/mol. The van der Waals surface area contributed by atoms with Gasteiger partial charge in [-0.25, -0.2) is 0 Å². The minimum atomic E-state index is -0.893. The van der Waals surface area contributed by atoms with Crippen molar-refractivity contribution in [2.45, 2.75) is 20.4 Å². The van der Waals surface area contributed by atoms with Crippen LogP contribution < -0.4 is 10.2 Å². The van der Waals surface area contributed by atoms with E-state index >= 15 is 0 Å². The second-order valence-electron chi connectivity index (χ2n) is 6.39. The van der Waals surface area contributed by atoms with Gasteiger partial charge in [-0.05, 0) is 23.1 Å². The molecule has 2 N–H and O–H groups in total. The molecule has 0 heterocycles. The number of amides is 1. The van der Waals surface area contributed by atoms with Crippen LogP contribution in [0.5, 0.6) is 0 Å². The first-order valence-electron chi connectivity index (χ1n) is 7.02. The summed E-state index contributed by atoms with van der Waals surface area (Å²) in [5.41, 5.74) is 1.64. The molecule has 1 aromatic carbocycles. The Labute approximate surface area is 125 Å². The molecule has 1 aromatic rings. The van der Waals surface area contributed by atoms with Gasteiger partial charge in [-0.2, -0.15) is 0 Å². The van der Waals surface area contributed by atoms with Crippen LogP contribution in [0.15, 0.2) is 24.3 Å². The Bertz CT molecular complexity index is 549. The average molecular weight is 290 g/mol. The lowest BCUT2D eigenvalue weighted by Gasteiger charge is -2.13. The number of rotatable bonds is 5. The molecule has 5 nitrogen and oxygen atoms in total. The Hall–Kier alpha value is -2.04. The molecule has 1 amide bonds. The van der Waals surface area contributed by atoms with Gasteiger partial charge in [0.25, 0.3) is 0 Å². The van der Waals surface area contributed by atoms with Crippen molar-refractivity contribution in [1.29, 1.82) is 0 Å². The van der Waals surface area contributed by atoms with E-state index < -0.39 is 23.2 Å². The normalized spacial score (nSPS) is 22.5. The summed E-state index contributed by atoms with van der Waals surface area (Å²) < 4.78 is 0. The zero-order valence-corrected chi connectivity index (χ0v) is 12.9. The van der Waals surface area contributed by atoms with Crippen LogP contribution in [0.2, 0.25) is 0 Å². The first kappa shape index (κ1) is 15.4. The van der Waals surface area contributed by atoms with Gasteiger partial charge in [0, 0.05) is 26.3 Å². The Kier molecular flexibility index (Phi) is 3.94. The fourth-order valence-corrected chi connectivity index (χ4v) is 2.80. The van der Waals surface area contributed by atoms with Gasteiger partial charge in [0.15, 0.2) is 0 Å². The number of nitrogens with zero attached hydrogens (tertiary/aromatic N) is 1. The highest BCUT2D eigenvalue weighted by molar-refractivity contribution is 5.91. The predicted octanol–water partition coefficient (Wildman–Crippen LogP) is 1.73. The molecule has 2 rings (SSSR count). The summed E-state index contributed by atoms with van der Waals surface area (Å²) in [6.45, 7) is 4.06. The van der Waals surface area contributed by atoms with E-state index in [2.05, 4.69) is 5.32 Å². The SMILES string of the molecule is CN(C)c1ccc(CNC(=O)C2C(C(=O)O)C2(C)C)cc1. The second kappa shape index (κ2) is 5.39. The van der Waals surface area contributed by atoms with E-state index in [1.54, 1.807) is 0 Å². The van der Waals surface area contributed by atoms with Crippen molar-refractivity contribution in [3.8, 4) is 0 Å². The van der Waals surface area contributed by atoms with Crippen molar-refractivity contribution in [2.75, 3.05) is 19.0 Å². The van der Waals surface area contributed by atoms with Crippen molar-refractivity contribution in [1.82, 2.24) is 5.32 Å². The number of nitrogens with one attached hydrogen (secondary N) is 1. The van der Waals surface area contributed by atoms with E-state index in [9.17, 15) is 9.59 Å². The third-order valence-electron chi connectivity index (χ3n) is 4.30. The van der Waals surface area contributed by atoms with Crippen molar-refractivity contribution in [2.24, 2.45) is 17.3 Å². The Morgan fingerprint density at radius 3 is 2.19 bits per heavy atom. The number of carboxylic acid groups (broad SMARTS) is 1. The lowest BCUT2D eigenvalue weighted by molar-refractivity contribution is -0.140. The molecule has 2 atom stereocenters. The summed E-state index contributed by atoms with van der Waals surface area (Å²) in [6, 6.07) is 7.90.